The molecule has 5 heteroatoms. The largest absolute Gasteiger partial charge is 0.277 e. The van der Waals surface area contributed by atoms with Crippen molar-refractivity contribution in [1.82, 2.24) is 5.01 Å². The zero-order valence-electron chi connectivity index (χ0n) is 9.17. The maximum absolute atomic E-state index is 11.9. The fourth-order valence-corrected chi connectivity index (χ4v) is 2.17. The SMILES string of the molecule is O=C1CC(=O)N2C(=N1)CCN2c1ccccc1. The number of hydrogen-bond donors (Lipinski definition) is 0. The predicted octanol–water partition coefficient (Wildman–Crippen LogP) is 0.969. The van der Waals surface area contributed by atoms with Crippen molar-refractivity contribution in [3.63, 3.8) is 0 Å². The molecule has 2 aliphatic rings. The van der Waals surface area contributed by atoms with Gasteiger partial charge in [-0.05, 0) is 12.1 Å². The van der Waals surface area contributed by atoms with E-state index < -0.39 is 0 Å². The number of hydrazine groups is 1. The maximum atomic E-state index is 11.9. The van der Waals surface area contributed by atoms with Crippen LogP contribution in [0.4, 0.5) is 5.69 Å². The zero-order valence-corrected chi connectivity index (χ0v) is 9.17. The van der Waals surface area contributed by atoms with Gasteiger partial charge < -0.3 is 0 Å². The molecule has 2 amide bonds. The lowest BCUT2D eigenvalue weighted by atomic mass is 10.3. The van der Waals surface area contributed by atoms with Crippen LogP contribution in [-0.2, 0) is 9.59 Å². The Labute approximate surface area is 98.3 Å². The third kappa shape index (κ3) is 1.60. The monoisotopic (exact) mass is 229 g/mol. The lowest BCUT2D eigenvalue weighted by molar-refractivity contribution is -0.133. The van der Waals surface area contributed by atoms with Gasteiger partial charge in [-0.3, -0.25) is 14.6 Å². The molecule has 0 spiro atoms. The molecular formula is C12H11N3O2. The van der Waals surface area contributed by atoms with Crippen molar-refractivity contribution in [3.8, 4) is 0 Å². The van der Waals surface area contributed by atoms with Crippen LogP contribution < -0.4 is 5.01 Å². The van der Waals surface area contributed by atoms with Gasteiger partial charge in [-0.2, -0.15) is 4.99 Å². The molecule has 1 aromatic rings. The first-order valence-electron chi connectivity index (χ1n) is 5.51. The van der Waals surface area contributed by atoms with Gasteiger partial charge in [0.15, 0.2) is 0 Å². The number of para-hydroxylation sites is 1. The van der Waals surface area contributed by atoms with Crippen molar-refractivity contribution in [3.05, 3.63) is 30.3 Å². The summed E-state index contributed by atoms with van der Waals surface area (Å²) < 4.78 is 0. The van der Waals surface area contributed by atoms with E-state index in [4.69, 9.17) is 0 Å². The van der Waals surface area contributed by atoms with Crippen LogP contribution in [-0.4, -0.2) is 29.2 Å². The average Bonchev–Trinajstić information content (AvgIpc) is 2.74. The summed E-state index contributed by atoms with van der Waals surface area (Å²) in [7, 11) is 0. The maximum Gasteiger partial charge on any atom is 0.256 e. The molecule has 0 saturated carbocycles. The smallest absolute Gasteiger partial charge is 0.256 e. The Kier molecular flexibility index (Phi) is 2.18. The zero-order chi connectivity index (χ0) is 11.8. The van der Waals surface area contributed by atoms with Crippen LogP contribution in [0.3, 0.4) is 0 Å². The molecule has 1 saturated heterocycles. The van der Waals surface area contributed by atoms with Gasteiger partial charge in [-0.1, -0.05) is 18.2 Å². The third-order valence-electron chi connectivity index (χ3n) is 2.88. The summed E-state index contributed by atoms with van der Waals surface area (Å²) in [5, 5.41) is 3.39. The minimum atomic E-state index is -0.337. The summed E-state index contributed by atoms with van der Waals surface area (Å²) >= 11 is 0. The van der Waals surface area contributed by atoms with Gasteiger partial charge in [0.2, 0.25) is 0 Å². The number of carbonyl (C=O) groups is 2. The lowest BCUT2D eigenvalue weighted by Gasteiger charge is -2.30. The van der Waals surface area contributed by atoms with Gasteiger partial charge in [0, 0.05) is 13.0 Å². The molecule has 17 heavy (non-hydrogen) atoms. The van der Waals surface area contributed by atoms with E-state index in [1.807, 2.05) is 35.3 Å². The van der Waals surface area contributed by atoms with E-state index in [0.717, 1.165) is 5.69 Å². The fraction of sp³-hybridized carbons (Fsp3) is 0.250. The van der Waals surface area contributed by atoms with Crippen molar-refractivity contribution < 1.29 is 9.59 Å². The first kappa shape index (κ1) is 10.0. The molecule has 0 radical (unpaired) electrons. The molecule has 5 nitrogen and oxygen atoms in total. The van der Waals surface area contributed by atoms with Crippen molar-refractivity contribution in [2.24, 2.45) is 4.99 Å². The standard InChI is InChI=1S/C12H11N3O2/c16-11-8-12(17)15-10(13-11)6-7-14(15)9-4-2-1-3-5-9/h1-5H,6-8H2. The molecule has 3 rings (SSSR count). The summed E-state index contributed by atoms with van der Waals surface area (Å²) in [5.74, 6) is 0.0348. The number of fused-ring (bicyclic) bond motifs is 1. The van der Waals surface area contributed by atoms with Gasteiger partial charge in [0.25, 0.3) is 11.8 Å². The molecule has 1 fully saturated rings. The van der Waals surface area contributed by atoms with E-state index in [2.05, 4.69) is 4.99 Å². The van der Waals surface area contributed by atoms with Crippen molar-refractivity contribution >= 4 is 23.3 Å². The molecule has 0 aromatic heterocycles. The van der Waals surface area contributed by atoms with Crippen LogP contribution in [0, 0.1) is 0 Å². The molecule has 0 unspecified atom stereocenters. The quantitative estimate of drug-likeness (QED) is 0.674. The Morgan fingerprint density at radius 3 is 2.65 bits per heavy atom. The molecule has 0 atom stereocenters. The molecule has 1 aromatic carbocycles. The number of nitrogens with zero attached hydrogens (tertiary/aromatic N) is 3. The van der Waals surface area contributed by atoms with Gasteiger partial charge in [-0.25, -0.2) is 5.01 Å². The molecular weight excluding hydrogens is 218 g/mol. The Hall–Kier alpha value is -2.17. The number of anilines is 1. The number of hydrogen-bond acceptors (Lipinski definition) is 3. The highest BCUT2D eigenvalue weighted by Gasteiger charge is 2.37. The molecule has 2 aliphatic heterocycles. The third-order valence-corrected chi connectivity index (χ3v) is 2.88. The molecule has 86 valence electrons. The van der Waals surface area contributed by atoms with Gasteiger partial charge in [0.1, 0.15) is 12.3 Å². The highest BCUT2D eigenvalue weighted by molar-refractivity contribution is 6.15. The van der Waals surface area contributed by atoms with Crippen LogP contribution in [0.15, 0.2) is 35.3 Å². The van der Waals surface area contributed by atoms with Crippen molar-refractivity contribution in [2.75, 3.05) is 11.6 Å². The molecule has 0 bridgehead atoms. The summed E-state index contributed by atoms with van der Waals surface area (Å²) in [6.07, 6.45) is 0.499. The Morgan fingerprint density at radius 2 is 1.88 bits per heavy atom. The number of aliphatic imine (C=N–C) groups is 1. The summed E-state index contributed by atoms with van der Waals surface area (Å²) in [6, 6.07) is 9.64. The van der Waals surface area contributed by atoms with Gasteiger partial charge >= 0.3 is 0 Å². The van der Waals surface area contributed by atoms with E-state index in [1.165, 1.54) is 5.01 Å². The van der Waals surface area contributed by atoms with Gasteiger partial charge in [-0.15, -0.1) is 0 Å². The van der Waals surface area contributed by atoms with E-state index in [0.29, 0.717) is 18.8 Å². The summed E-state index contributed by atoms with van der Waals surface area (Å²) in [5.41, 5.74) is 0.945. The predicted molar refractivity (Wildman–Crippen MR) is 62.3 cm³/mol. The summed E-state index contributed by atoms with van der Waals surface area (Å²) in [4.78, 5) is 27.0. The van der Waals surface area contributed by atoms with Crippen molar-refractivity contribution in [2.45, 2.75) is 12.8 Å². The van der Waals surface area contributed by atoms with E-state index in [1.54, 1.807) is 0 Å². The number of benzene rings is 1. The van der Waals surface area contributed by atoms with Crippen LogP contribution >= 0.6 is 0 Å². The Bertz CT molecular complexity index is 510. The minimum Gasteiger partial charge on any atom is -0.277 e. The number of amidine groups is 1. The Balaban J connectivity index is 1.98. The lowest BCUT2D eigenvalue weighted by Crippen LogP contribution is -2.46. The number of carbonyl (C=O) groups excluding carboxylic acids is 2. The molecule has 2 heterocycles. The molecule has 0 N–H and O–H groups in total. The van der Waals surface area contributed by atoms with E-state index in [9.17, 15) is 9.59 Å². The summed E-state index contributed by atoms with van der Waals surface area (Å²) in [6.45, 7) is 0.682. The second-order valence-corrected chi connectivity index (χ2v) is 4.01. The van der Waals surface area contributed by atoms with Crippen LogP contribution in [0.1, 0.15) is 12.8 Å². The number of amides is 2. The second-order valence-electron chi connectivity index (χ2n) is 4.01. The average molecular weight is 229 g/mol. The second kappa shape index (κ2) is 3.69. The first-order valence-corrected chi connectivity index (χ1v) is 5.51. The topological polar surface area (TPSA) is 53.0 Å². The molecule has 0 aliphatic carbocycles. The minimum absolute atomic E-state index is 0.132. The van der Waals surface area contributed by atoms with Crippen LogP contribution in [0.2, 0.25) is 0 Å². The van der Waals surface area contributed by atoms with E-state index in [-0.39, 0.29) is 18.2 Å². The number of rotatable bonds is 1. The Morgan fingerprint density at radius 1 is 1.12 bits per heavy atom. The van der Waals surface area contributed by atoms with Crippen LogP contribution in [0.25, 0.3) is 0 Å². The fourth-order valence-electron chi connectivity index (χ4n) is 2.17. The van der Waals surface area contributed by atoms with Gasteiger partial charge in [0.05, 0.1) is 5.69 Å². The first-order chi connectivity index (χ1) is 8.25. The highest BCUT2D eigenvalue weighted by Crippen LogP contribution is 2.25. The van der Waals surface area contributed by atoms with Crippen LogP contribution in [0.5, 0.6) is 0 Å². The normalized spacial score (nSPS) is 19.4. The highest BCUT2D eigenvalue weighted by atomic mass is 16.2. The van der Waals surface area contributed by atoms with Crippen molar-refractivity contribution in [1.29, 1.82) is 0 Å². The van der Waals surface area contributed by atoms with E-state index >= 15 is 0 Å².